The van der Waals surface area contributed by atoms with Gasteiger partial charge in [-0.25, -0.2) is 4.98 Å². The topological polar surface area (TPSA) is 84.6 Å². The van der Waals surface area contributed by atoms with Gasteiger partial charge in [0.25, 0.3) is 5.91 Å². The van der Waals surface area contributed by atoms with E-state index < -0.39 is 5.60 Å². The molecule has 0 saturated heterocycles. The predicted molar refractivity (Wildman–Crippen MR) is 85.5 cm³/mol. The fourth-order valence-electron chi connectivity index (χ4n) is 2.42. The van der Waals surface area contributed by atoms with E-state index in [-0.39, 0.29) is 18.3 Å². The van der Waals surface area contributed by atoms with Crippen molar-refractivity contribution in [3.63, 3.8) is 0 Å². The van der Waals surface area contributed by atoms with E-state index >= 15 is 0 Å². The summed E-state index contributed by atoms with van der Waals surface area (Å²) in [7, 11) is 0. The van der Waals surface area contributed by atoms with Crippen LogP contribution in [0.2, 0.25) is 0 Å². The lowest BCUT2D eigenvalue weighted by Crippen LogP contribution is -2.39. The summed E-state index contributed by atoms with van der Waals surface area (Å²) in [5.41, 5.74) is -0.234. The van der Waals surface area contributed by atoms with Gasteiger partial charge in [-0.3, -0.25) is 4.79 Å². The quantitative estimate of drug-likeness (QED) is 0.854. The number of carbonyl (C=O) groups is 1. The minimum Gasteiger partial charge on any atom is -0.477 e. The predicted octanol–water partition coefficient (Wildman–Crippen LogP) is 2.33. The van der Waals surface area contributed by atoms with Crippen molar-refractivity contribution in [3.8, 4) is 5.88 Å². The number of rotatable bonds is 6. The van der Waals surface area contributed by atoms with E-state index in [2.05, 4.69) is 10.3 Å². The van der Waals surface area contributed by atoms with Crippen LogP contribution in [0.4, 0.5) is 0 Å². The number of furan rings is 1. The second-order valence-electron chi connectivity index (χ2n) is 5.57. The minimum absolute atomic E-state index is 0.0477. The van der Waals surface area contributed by atoms with Gasteiger partial charge in [0, 0.05) is 11.8 Å². The average Bonchev–Trinajstić information content (AvgIpc) is 2.85. The van der Waals surface area contributed by atoms with Gasteiger partial charge in [-0.15, -0.1) is 0 Å². The monoisotopic (exact) mass is 318 g/mol. The first-order valence-electron chi connectivity index (χ1n) is 7.51. The number of nitrogens with zero attached hydrogens (tertiary/aromatic N) is 1. The average molecular weight is 318 g/mol. The molecule has 0 aliphatic heterocycles. The summed E-state index contributed by atoms with van der Waals surface area (Å²) in [6.45, 7) is 7.53. The molecule has 6 heteroatoms. The van der Waals surface area contributed by atoms with Gasteiger partial charge < -0.3 is 19.6 Å². The normalized spacial score (nSPS) is 13.4. The Bertz CT molecular complexity index is 692. The Hall–Kier alpha value is -2.34. The van der Waals surface area contributed by atoms with Gasteiger partial charge in [0.05, 0.1) is 13.2 Å². The number of ether oxygens (including phenoxy) is 1. The zero-order chi connectivity index (χ0) is 17.0. The van der Waals surface area contributed by atoms with Gasteiger partial charge in [-0.2, -0.15) is 0 Å². The highest BCUT2D eigenvalue weighted by molar-refractivity contribution is 5.96. The molecule has 2 rings (SSSR count). The van der Waals surface area contributed by atoms with E-state index in [4.69, 9.17) is 9.15 Å². The number of nitrogens with one attached hydrogen (secondary N) is 1. The highest BCUT2D eigenvalue weighted by Gasteiger charge is 2.28. The molecule has 6 nitrogen and oxygen atoms in total. The number of amides is 1. The Balaban J connectivity index is 2.11. The number of aliphatic hydroxyl groups is 1. The first-order chi connectivity index (χ1) is 10.8. The Kier molecular flexibility index (Phi) is 5.05. The van der Waals surface area contributed by atoms with Crippen LogP contribution in [0, 0.1) is 13.8 Å². The third-order valence-electron chi connectivity index (χ3n) is 3.51. The van der Waals surface area contributed by atoms with Crippen molar-refractivity contribution in [1.29, 1.82) is 0 Å². The van der Waals surface area contributed by atoms with E-state index in [1.807, 2.05) is 13.8 Å². The highest BCUT2D eigenvalue weighted by atomic mass is 16.5. The molecule has 0 radical (unpaired) electrons. The zero-order valence-electron chi connectivity index (χ0n) is 13.8. The third-order valence-corrected chi connectivity index (χ3v) is 3.51. The summed E-state index contributed by atoms with van der Waals surface area (Å²) in [5, 5.41) is 13.3. The van der Waals surface area contributed by atoms with Gasteiger partial charge in [0.15, 0.2) is 0 Å². The lowest BCUT2D eigenvalue weighted by molar-refractivity contribution is 0.0512. The van der Waals surface area contributed by atoms with Crippen LogP contribution in [0.1, 0.15) is 41.3 Å². The molecule has 0 saturated carbocycles. The molecule has 0 fully saturated rings. The van der Waals surface area contributed by atoms with E-state index in [1.54, 1.807) is 38.2 Å². The maximum atomic E-state index is 12.3. The van der Waals surface area contributed by atoms with Crippen molar-refractivity contribution in [2.75, 3.05) is 13.2 Å². The summed E-state index contributed by atoms with van der Waals surface area (Å²) in [6.07, 6.45) is 1.57. The molecular formula is C17H22N2O4. The number of aromatic nitrogens is 1. The molecule has 0 aliphatic carbocycles. The Morgan fingerprint density at radius 3 is 2.83 bits per heavy atom. The molecule has 2 aromatic heterocycles. The number of hydrogen-bond acceptors (Lipinski definition) is 5. The highest BCUT2D eigenvalue weighted by Crippen LogP contribution is 2.26. The van der Waals surface area contributed by atoms with E-state index in [1.165, 1.54) is 0 Å². The first kappa shape index (κ1) is 17.0. The van der Waals surface area contributed by atoms with Crippen LogP contribution in [-0.2, 0) is 5.60 Å². The molecule has 1 amide bonds. The van der Waals surface area contributed by atoms with Gasteiger partial charge in [-0.1, -0.05) is 0 Å². The lowest BCUT2D eigenvalue weighted by Gasteiger charge is -2.23. The molecule has 2 heterocycles. The standard InChI is InChI=1S/C17H22N2O4/c1-5-22-16-13(7-6-8-18-16)15(20)19-10-17(4,21)14-9-11(2)23-12(14)3/h6-9,21H,5,10H2,1-4H3,(H,19,20). The minimum atomic E-state index is -1.23. The van der Waals surface area contributed by atoms with Crippen molar-refractivity contribution in [2.24, 2.45) is 0 Å². The van der Waals surface area contributed by atoms with Crippen molar-refractivity contribution in [2.45, 2.75) is 33.3 Å². The number of pyridine rings is 1. The van der Waals surface area contributed by atoms with Gasteiger partial charge >= 0.3 is 0 Å². The molecule has 0 spiro atoms. The van der Waals surface area contributed by atoms with E-state index in [0.717, 1.165) is 5.76 Å². The van der Waals surface area contributed by atoms with Crippen LogP contribution >= 0.6 is 0 Å². The fourth-order valence-corrected chi connectivity index (χ4v) is 2.42. The smallest absolute Gasteiger partial charge is 0.256 e. The Morgan fingerprint density at radius 1 is 1.48 bits per heavy atom. The maximum Gasteiger partial charge on any atom is 0.256 e. The van der Waals surface area contributed by atoms with Crippen LogP contribution in [0.5, 0.6) is 5.88 Å². The molecule has 23 heavy (non-hydrogen) atoms. The van der Waals surface area contributed by atoms with E-state index in [0.29, 0.717) is 23.5 Å². The third kappa shape index (κ3) is 3.90. The fraction of sp³-hybridized carbons (Fsp3) is 0.412. The number of aryl methyl sites for hydroxylation is 2. The van der Waals surface area contributed by atoms with Gasteiger partial charge in [0.1, 0.15) is 22.7 Å². The molecule has 1 unspecified atom stereocenters. The summed E-state index contributed by atoms with van der Waals surface area (Å²) >= 11 is 0. The van der Waals surface area contributed by atoms with Crippen LogP contribution in [0.3, 0.4) is 0 Å². The number of carbonyl (C=O) groups excluding carboxylic acids is 1. The van der Waals surface area contributed by atoms with Gasteiger partial charge in [-0.05, 0) is 45.9 Å². The molecule has 2 aromatic rings. The van der Waals surface area contributed by atoms with E-state index in [9.17, 15) is 9.90 Å². The van der Waals surface area contributed by atoms with Crippen molar-refractivity contribution >= 4 is 5.91 Å². The SMILES string of the molecule is CCOc1ncccc1C(=O)NCC(C)(O)c1cc(C)oc1C. The zero-order valence-corrected chi connectivity index (χ0v) is 13.8. The molecule has 0 bridgehead atoms. The van der Waals surface area contributed by atoms with Crippen LogP contribution in [0.25, 0.3) is 0 Å². The summed E-state index contributed by atoms with van der Waals surface area (Å²) in [6, 6.07) is 5.08. The molecular weight excluding hydrogens is 296 g/mol. The van der Waals surface area contributed by atoms with Crippen molar-refractivity contribution < 1.29 is 19.1 Å². The second-order valence-corrected chi connectivity index (χ2v) is 5.57. The maximum absolute atomic E-state index is 12.3. The van der Waals surface area contributed by atoms with Crippen LogP contribution in [-0.4, -0.2) is 29.1 Å². The first-order valence-corrected chi connectivity index (χ1v) is 7.51. The molecule has 1 atom stereocenters. The Morgan fingerprint density at radius 2 is 2.22 bits per heavy atom. The van der Waals surface area contributed by atoms with Crippen LogP contribution in [0.15, 0.2) is 28.8 Å². The summed E-state index contributed by atoms with van der Waals surface area (Å²) < 4.78 is 10.8. The summed E-state index contributed by atoms with van der Waals surface area (Å²) in [5.74, 6) is 1.29. The number of hydrogen-bond donors (Lipinski definition) is 2. The van der Waals surface area contributed by atoms with Crippen molar-refractivity contribution in [3.05, 3.63) is 47.0 Å². The molecule has 2 N–H and O–H groups in total. The largest absolute Gasteiger partial charge is 0.477 e. The summed E-state index contributed by atoms with van der Waals surface area (Å²) in [4.78, 5) is 16.4. The second kappa shape index (κ2) is 6.83. The lowest BCUT2D eigenvalue weighted by atomic mass is 9.96. The van der Waals surface area contributed by atoms with Gasteiger partial charge in [0.2, 0.25) is 5.88 Å². The molecule has 0 aliphatic rings. The Labute approximate surface area is 135 Å². The molecule has 0 aromatic carbocycles. The molecule has 124 valence electrons. The van der Waals surface area contributed by atoms with Crippen molar-refractivity contribution in [1.82, 2.24) is 10.3 Å². The van der Waals surface area contributed by atoms with Crippen LogP contribution < -0.4 is 10.1 Å².